The summed E-state index contributed by atoms with van der Waals surface area (Å²) < 4.78 is 20.3. The second-order valence-corrected chi connectivity index (χ2v) is 5.45. The molecule has 0 radical (unpaired) electrons. The van der Waals surface area contributed by atoms with Gasteiger partial charge in [0, 0.05) is 25.4 Å². The van der Waals surface area contributed by atoms with E-state index in [1.54, 1.807) is 10.9 Å². The van der Waals surface area contributed by atoms with Gasteiger partial charge in [0.1, 0.15) is 17.7 Å². The van der Waals surface area contributed by atoms with Crippen LogP contribution in [0.3, 0.4) is 0 Å². The SMILES string of the molecule is Cn1cc([C@H]2OCCC[C@@H]2NC(=O)Nc2ccc(F)cn2)cn1. The standard InChI is InChI=1S/C15H18FN5O2/c1-21-9-10(7-18-21)14-12(3-2-6-23-14)19-15(22)20-13-5-4-11(16)8-17-13/h4-5,7-9,12,14H,2-3,6H2,1H3,(H2,17,19,20,22)/t12-,14+/m0/s1. The van der Waals surface area contributed by atoms with Crippen LogP contribution in [0.25, 0.3) is 0 Å². The fraction of sp³-hybridized carbons (Fsp3) is 0.400. The van der Waals surface area contributed by atoms with Gasteiger partial charge in [0.05, 0.1) is 18.4 Å². The zero-order chi connectivity index (χ0) is 16.2. The van der Waals surface area contributed by atoms with E-state index in [0.717, 1.165) is 24.6 Å². The highest BCUT2D eigenvalue weighted by atomic mass is 19.1. The van der Waals surface area contributed by atoms with E-state index in [1.807, 2.05) is 13.2 Å². The average molecular weight is 319 g/mol. The lowest BCUT2D eigenvalue weighted by molar-refractivity contribution is -0.00700. The Labute approximate surface area is 132 Å². The Bertz CT molecular complexity index is 673. The number of carbonyl (C=O) groups is 1. The van der Waals surface area contributed by atoms with Crippen molar-refractivity contribution in [1.82, 2.24) is 20.1 Å². The van der Waals surface area contributed by atoms with E-state index in [0.29, 0.717) is 12.4 Å². The van der Waals surface area contributed by atoms with E-state index in [9.17, 15) is 9.18 Å². The molecule has 0 bridgehead atoms. The first kappa shape index (κ1) is 15.4. The van der Waals surface area contributed by atoms with E-state index in [4.69, 9.17) is 4.74 Å². The number of carbonyl (C=O) groups excluding carboxylic acids is 1. The predicted octanol–water partition coefficient (Wildman–Crippen LogP) is 2.00. The molecule has 0 aromatic carbocycles. The smallest absolute Gasteiger partial charge is 0.320 e. The van der Waals surface area contributed by atoms with Crippen molar-refractivity contribution in [2.24, 2.45) is 7.05 Å². The third kappa shape index (κ3) is 3.84. The Balaban J connectivity index is 1.64. The van der Waals surface area contributed by atoms with Gasteiger partial charge in [-0.05, 0) is 25.0 Å². The number of urea groups is 1. The summed E-state index contributed by atoms with van der Waals surface area (Å²) in [5.41, 5.74) is 0.928. The number of rotatable bonds is 3. The monoisotopic (exact) mass is 319 g/mol. The van der Waals surface area contributed by atoms with Crippen molar-refractivity contribution in [1.29, 1.82) is 0 Å². The van der Waals surface area contributed by atoms with Crippen LogP contribution >= 0.6 is 0 Å². The molecule has 0 spiro atoms. The van der Waals surface area contributed by atoms with Crippen LogP contribution in [0.5, 0.6) is 0 Å². The summed E-state index contributed by atoms with van der Waals surface area (Å²) in [7, 11) is 1.83. The molecule has 2 amide bonds. The second-order valence-electron chi connectivity index (χ2n) is 5.45. The minimum Gasteiger partial charge on any atom is -0.371 e. The summed E-state index contributed by atoms with van der Waals surface area (Å²) >= 11 is 0. The summed E-state index contributed by atoms with van der Waals surface area (Å²) in [6.45, 7) is 0.652. The molecule has 3 heterocycles. The predicted molar refractivity (Wildman–Crippen MR) is 81.3 cm³/mol. The molecule has 8 heteroatoms. The molecule has 2 atom stereocenters. The minimum atomic E-state index is -0.451. The molecule has 2 aromatic heterocycles. The summed E-state index contributed by atoms with van der Waals surface area (Å²) in [4.78, 5) is 15.9. The van der Waals surface area contributed by atoms with Gasteiger partial charge < -0.3 is 10.1 Å². The molecule has 1 saturated heterocycles. The summed E-state index contributed by atoms with van der Waals surface area (Å²) in [6.07, 6.45) is 6.12. The topological polar surface area (TPSA) is 81.1 Å². The number of ether oxygens (including phenoxy) is 1. The number of aryl methyl sites for hydroxylation is 1. The van der Waals surface area contributed by atoms with Gasteiger partial charge in [-0.15, -0.1) is 0 Å². The van der Waals surface area contributed by atoms with Gasteiger partial charge in [-0.2, -0.15) is 5.10 Å². The van der Waals surface area contributed by atoms with Gasteiger partial charge in [-0.3, -0.25) is 10.00 Å². The zero-order valence-corrected chi connectivity index (χ0v) is 12.7. The Kier molecular flexibility index (Phi) is 4.52. The minimum absolute atomic E-state index is 0.159. The van der Waals surface area contributed by atoms with Crippen molar-refractivity contribution in [3.8, 4) is 0 Å². The quantitative estimate of drug-likeness (QED) is 0.906. The first-order chi connectivity index (χ1) is 11.1. The number of aromatic nitrogens is 3. The van der Waals surface area contributed by atoms with Crippen LogP contribution in [0.2, 0.25) is 0 Å². The normalized spacial score (nSPS) is 21.0. The van der Waals surface area contributed by atoms with Crippen molar-refractivity contribution in [2.75, 3.05) is 11.9 Å². The van der Waals surface area contributed by atoms with Crippen molar-refractivity contribution in [3.05, 3.63) is 42.1 Å². The maximum absolute atomic E-state index is 12.8. The lowest BCUT2D eigenvalue weighted by atomic mass is 9.98. The van der Waals surface area contributed by atoms with Gasteiger partial charge >= 0.3 is 6.03 Å². The number of hydrogen-bond donors (Lipinski definition) is 2. The zero-order valence-electron chi connectivity index (χ0n) is 12.7. The number of nitrogens with one attached hydrogen (secondary N) is 2. The average Bonchev–Trinajstić information content (AvgIpc) is 2.96. The highest BCUT2D eigenvalue weighted by molar-refractivity contribution is 5.88. The molecule has 2 aromatic rings. The lowest BCUT2D eigenvalue weighted by Gasteiger charge is -2.31. The molecule has 7 nitrogen and oxygen atoms in total. The number of pyridine rings is 1. The number of hydrogen-bond acceptors (Lipinski definition) is 4. The molecule has 1 aliphatic rings. The molecule has 0 aliphatic carbocycles. The van der Waals surface area contributed by atoms with E-state index in [1.165, 1.54) is 12.1 Å². The summed E-state index contributed by atoms with van der Waals surface area (Å²) in [5.74, 6) is -0.160. The van der Waals surface area contributed by atoms with E-state index < -0.39 is 11.8 Å². The molecule has 0 unspecified atom stereocenters. The molecular weight excluding hydrogens is 301 g/mol. The largest absolute Gasteiger partial charge is 0.371 e. The van der Waals surface area contributed by atoms with Gasteiger partial charge in [0.15, 0.2) is 0 Å². The number of amides is 2. The fourth-order valence-corrected chi connectivity index (χ4v) is 2.62. The Morgan fingerprint density at radius 1 is 1.43 bits per heavy atom. The van der Waals surface area contributed by atoms with Crippen LogP contribution in [0, 0.1) is 5.82 Å². The van der Waals surface area contributed by atoms with E-state index in [-0.39, 0.29) is 12.1 Å². The Morgan fingerprint density at radius 3 is 3.00 bits per heavy atom. The van der Waals surface area contributed by atoms with Gasteiger partial charge in [-0.25, -0.2) is 14.2 Å². The molecule has 23 heavy (non-hydrogen) atoms. The Hall–Kier alpha value is -2.48. The highest BCUT2D eigenvalue weighted by Gasteiger charge is 2.29. The van der Waals surface area contributed by atoms with Gasteiger partial charge in [0.2, 0.25) is 0 Å². The van der Waals surface area contributed by atoms with Crippen LogP contribution in [0.15, 0.2) is 30.7 Å². The van der Waals surface area contributed by atoms with Gasteiger partial charge in [-0.1, -0.05) is 0 Å². The number of halogens is 1. The maximum Gasteiger partial charge on any atom is 0.320 e. The second kappa shape index (κ2) is 6.74. The molecule has 1 aliphatic heterocycles. The van der Waals surface area contributed by atoms with Crippen LogP contribution in [-0.2, 0) is 11.8 Å². The fourth-order valence-electron chi connectivity index (χ4n) is 2.62. The van der Waals surface area contributed by atoms with Crippen LogP contribution in [0.4, 0.5) is 15.0 Å². The molecule has 3 rings (SSSR count). The summed E-state index contributed by atoms with van der Waals surface area (Å²) in [6, 6.07) is 2.09. The van der Waals surface area contributed by atoms with E-state index in [2.05, 4.69) is 20.7 Å². The third-order valence-electron chi connectivity index (χ3n) is 3.66. The molecule has 122 valence electrons. The molecule has 2 N–H and O–H groups in total. The first-order valence-corrected chi connectivity index (χ1v) is 7.41. The molecular formula is C15H18FN5O2. The van der Waals surface area contributed by atoms with E-state index >= 15 is 0 Å². The molecule has 0 saturated carbocycles. The van der Waals surface area contributed by atoms with Crippen LogP contribution in [0.1, 0.15) is 24.5 Å². The first-order valence-electron chi connectivity index (χ1n) is 7.41. The highest BCUT2D eigenvalue weighted by Crippen LogP contribution is 2.28. The van der Waals surface area contributed by atoms with Crippen molar-refractivity contribution in [3.63, 3.8) is 0 Å². The van der Waals surface area contributed by atoms with Crippen molar-refractivity contribution in [2.45, 2.75) is 25.0 Å². The summed E-state index contributed by atoms with van der Waals surface area (Å²) in [5, 5.41) is 9.63. The van der Waals surface area contributed by atoms with Crippen LogP contribution in [-0.4, -0.2) is 33.4 Å². The van der Waals surface area contributed by atoms with Crippen LogP contribution < -0.4 is 10.6 Å². The van der Waals surface area contributed by atoms with Crippen molar-refractivity contribution < 1.29 is 13.9 Å². The van der Waals surface area contributed by atoms with Crippen molar-refractivity contribution >= 4 is 11.8 Å². The lowest BCUT2D eigenvalue weighted by Crippen LogP contribution is -2.44. The number of anilines is 1. The molecule has 1 fully saturated rings. The number of nitrogens with zero attached hydrogens (tertiary/aromatic N) is 3. The maximum atomic E-state index is 12.8. The van der Waals surface area contributed by atoms with Gasteiger partial charge in [0.25, 0.3) is 0 Å². The Morgan fingerprint density at radius 2 is 2.30 bits per heavy atom. The third-order valence-corrected chi connectivity index (χ3v) is 3.66.